The fraction of sp³-hybridized carbons (Fsp3) is 0.458. The van der Waals surface area contributed by atoms with Crippen LogP contribution in [0.4, 0.5) is 0 Å². The van der Waals surface area contributed by atoms with Gasteiger partial charge in [0.25, 0.3) is 0 Å². The molecule has 0 bridgehead atoms. The third-order valence-electron chi connectivity index (χ3n) is 4.96. The number of ether oxygens (including phenoxy) is 4. The lowest BCUT2D eigenvalue weighted by Crippen LogP contribution is -2.37. The molecule has 1 aliphatic heterocycles. The van der Waals surface area contributed by atoms with Crippen LogP contribution >= 0.6 is 0 Å². The van der Waals surface area contributed by atoms with Crippen molar-refractivity contribution in [3.63, 3.8) is 0 Å². The standard InChI is InChI=1S/C24H33N3O4/c1-4-29-22-15-18(8-10-20(22)28-3)7-5-12-26-24(25-2)27-17-19-9-11-21-23(16-19)31-14-6-13-30-21/h8-11,15-16H,4-7,12-14,17H2,1-3H3,(H2,25,26,27). The van der Waals surface area contributed by atoms with Crippen LogP contribution in [0.25, 0.3) is 0 Å². The number of methoxy groups -OCH3 is 1. The van der Waals surface area contributed by atoms with Gasteiger partial charge in [-0.25, -0.2) is 0 Å². The van der Waals surface area contributed by atoms with E-state index >= 15 is 0 Å². The second kappa shape index (κ2) is 11.9. The Labute approximate surface area is 184 Å². The summed E-state index contributed by atoms with van der Waals surface area (Å²) in [7, 11) is 3.44. The normalized spacial score (nSPS) is 13.3. The first-order chi connectivity index (χ1) is 15.2. The minimum absolute atomic E-state index is 0.618. The van der Waals surface area contributed by atoms with Crippen LogP contribution in [0.15, 0.2) is 41.4 Å². The maximum atomic E-state index is 5.77. The minimum Gasteiger partial charge on any atom is -0.493 e. The Morgan fingerprint density at radius 3 is 2.58 bits per heavy atom. The molecule has 0 amide bonds. The Morgan fingerprint density at radius 2 is 1.81 bits per heavy atom. The molecule has 1 aliphatic rings. The van der Waals surface area contributed by atoms with E-state index in [0.717, 1.165) is 60.3 Å². The molecule has 7 heteroatoms. The molecule has 31 heavy (non-hydrogen) atoms. The van der Waals surface area contributed by atoms with Gasteiger partial charge in [0.15, 0.2) is 29.0 Å². The summed E-state index contributed by atoms with van der Waals surface area (Å²) in [5.41, 5.74) is 2.34. The van der Waals surface area contributed by atoms with E-state index in [1.807, 2.05) is 31.2 Å². The zero-order chi connectivity index (χ0) is 21.9. The Balaban J connectivity index is 1.44. The van der Waals surface area contributed by atoms with Crippen LogP contribution in [0.5, 0.6) is 23.0 Å². The lowest BCUT2D eigenvalue weighted by molar-refractivity contribution is 0.297. The van der Waals surface area contributed by atoms with Gasteiger partial charge < -0.3 is 29.6 Å². The first-order valence-corrected chi connectivity index (χ1v) is 10.9. The smallest absolute Gasteiger partial charge is 0.191 e. The van der Waals surface area contributed by atoms with E-state index < -0.39 is 0 Å². The lowest BCUT2D eigenvalue weighted by atomic mass is 10.1. The van der Waals surface area contributed by atoms with E-state index in [0.29, 0.717) is 26.4 Å². The highest BCUT2D eigenvalue weighted by molar-refractivity contribution is 5.79. The van der Waals surface area contributed by atoms with Gasteiger partial charge in [0.2, 0.25) is 0 Å². The van der Waals surface area contributed by atoms with E-state index in [9.17, 15) is 0 Å². The molecule has 0 unspecified atom stereocenters. The highest BCUT2D eigenvalue weighted by atomic mass is 16.5. The van der Waals surface area contributed by atoms with Crippen molar-refractivity contribution in [3.05, 3.63) is 47.5 Å². The topological polar surface area (TPSA) is 73.3 Å². The highest BCUT2D eigenvalue weighted by Gasteiger charge is 2.11. The number of hydrogen-bond acceptors (Lipinski definition) is 5. The van der Waals surface area contributed by atoms with Gasteiger partial charge >= 0.3 is 0 Å². The van der Waals surface area contributed by atoms with Crippen molar-refractivity contribution in [3.8, 4) is 23.0 Å². The van der Waals surface area contributed by atoms with E-state index in [1.54, 1.807) is 14.2 Å². The number of aryl methyl sites for hydroxylation is 1. The van der Waals surface area contributed by atoms with Crippen molar-refractivity contribution in [2.45, 2.75) is 32.7 Å². The molecule has 2 aromatic carbocycles. The molecule has 0 atom stereocenters. The summed E-state index contributed by atoms with van der Waals surface area (Å²) in [6, 6.07) is 12.1. The SMILES string of the molecule is CCOc1cc(CCCNC(=NC)NCc2ccc3c(c2)OCCCO3)ccc1OC. The number of rotatable bonds is 9. The van der Waals surface area contributed by atoms with Gasteiger partial charge in [0.1, 0.15) is 0 Å². The van der Waals surface area contributed by atoms with Crippen LogP contribution in [0.2, 0.25) is 0 Å². The lowest BCUT2D eigenvalue weighted by Gasteiger charge is -2.14. The maximum Gasteiger partial charge on any atom is 0.191 e. The molecule has 0 spiro atoms. The molecule has 168 valence electrons. The Bertz CT molecular complexity index is 870. The Hall–Kier alpha value is -3.09. The van der Waals surface area contributed by atoms with Crippen molar-refractivity contribution < 1.29 is 18.9 Å². The van der Waals surface area contributed by atoms with Gasteiger partial charge in [-0.1, -0.05) is 12.1 Å². The fourth-order valence-electron chi connectivity index (χ4n) is 3.37. The molecule has 0 saturated heterocycles. The van der Waals surface area contributed by atoms with Crippen molar-refractivity contribution in [1.82, 2.24) is 10.6 Å². The molecular formula is C24H33N3O4. The van der Waals surface area contributed by atoms with Gasteiger partial charge in [-0.3, -0.25) is 4.99 Å². The molecule has 0 aliphatic carbocycles. The first-order valence-electron chi connectivity index (χ1n) is 10.9. The van der Waals surface area contributed by atoms with Gasteiger partial charge in [-0.15, -0.1) is 0 Å². The fourth-order valence-corrected chi connectivity index (χ4v) is 3.37. The molecule has 7 nitrogen and oxygen atoms in total. The molecule has 0 radical (unpaired) electrons. The first kappa shape index (κ1) is 22.6. The largest absolute Gasteiger partial charge is 0.493 e. The predicted molar refractivity (Wildman–Crippen MR) is 123 cm³/mol. The quantitative estimate of drug-likeness (QED) is 0.362. The minimum atomic E-state index is 0.618. The molecular weight excluding hydrogens is 394 g/mol. The van der Waals surface area contributed by atoms with Crippen LogP contribution in [-0.2, 0) is 13.0 Å². The second-order valence-electron chi connectivity index (χ2n) is 7.21. The highest BCUT2D eigenvalue weighted by Crippen LogP contribution is 2.30. The zero-order valence-electron chi connectivity index (χ0n) is 18.7. The number of fused-ring (bicyclic) bond motifs is 1. The Morgan fingerprint density at radius 1 is 1.00 bits per heavy atom. The molecule has 0 saturated carbocycles. The number of hydrogen-bond donors (Lipinski definition) is 2. The molecule has 0 aromatic heterocycles. The van der Waals surface area contributed by atoms with Crippen LogP contribution in [-0.4, -0.2) is 46.5 Å². The van der Waals surface area contributed by atoms with Gasteiger partial charge in [-0.2, -0.15) is 0 Å². The molecule has 2 N–H and O–H groups in total. The Kier molecular flexibility index (Phi) is 8.70. The van der Waals surface area contributed by atoms with E-state index in [1.165, 1.54) is 5.56 Å². The van der Waals surface area contributed by atoms with Crippen LogP contribution in [0.3, 0.4) is 0 Å². The summed E-state index contributed by atoms with van der Waals surface area (Å²) in [4.78, 5) is 4.31. The van der Waals surface area contributed by atoms with Crippen molar-refractivity contribution in [2.24, 2.45) is 4.99 Å². The molecule has 2 aromatic rings. The molecule has 1 heterocycles. The predicted octanol–water partition coefficient (Wildman–Crippen LogP) is 3.55. The third kappa shape index (κ3) is 6.70. The van der Waals surface area contributed by atoms with E-state index in [2.05, 4.69) is 27.8 Å². The van der Waals surface area contributed by atoms with Crippen molar-refractivity contribution in [2.75, 3.05) is 40.5 Å². The maximum absolute atomic E-state index is 5.77. The van der Waals surface area contributed by atoms with Gasteiger partial charge in [-0.05, 0) is 55.2 Å². The summed E-state index contributed by atoms with van der Waals surface area (Å²) in [5.74, 6) is 3.96. The molecule has 0 fully saturated rings. The summed E-state index contributed by atoms with van der Waals surface area (Å²) >= 11 is 0. The number of aliphatic imine (C=N–C) groups is 1. The third-order valence-corrected chi connectivity index (χ3v) is 4.96. The number of benzene rings is 2. The monoisotopic (exact) mass is 427 g/mol. The molecule has 3 rings (SSSR count). The zero-order valence-corrected chi connectivity index (χ0v) is 18.7. The van der Waals surface area contributed by atoms with Crippen LogP contribution in [0, 0.1) is 0 Å². The van der Waals surface area contributed by atoms with Crippen LogP contribution < -0.4 is 29.6 Å². The van der Waals surface area contributed by atoms with Gasteiger partial charge in [0.05, 0.1) is 26.9 Å². The van der Waals surface area contributed by atoms with Crippen LogP contribution in [0.1, 0.15) is 30.9 Å². The van der Waals surface area contributed by atoms with Crippen molar-refractivity contribution >= 4 is 5.96 Å². The summed E-state index contributed by atoms with van der Waals surface area (Å²) in [6.45, 7) is 5.45. The number of guanidine groups is 1. The number of nitrogens with zero attached hydrogens (tertiary/aromatic N) is 1. The van der Waals surface area contributed by atoms with E-state index in [-0.39, 0.29) is 0 Å². The average Bonchev–Trinajstić information content (AvgIpc) is 3.04. The summed E-state index contributed by atoms with van der Waals surface area (Å²) < 4.78 is 22.5. The summed E-state index contributed by atoms with van der Waals surface area (Å²) in [5, 5.41) is 6.73. The average molecular weight is 428 g/mol. The van der Waals surface area contributed by atoms with Crippen molar-refractivity contribution in [1.29, 1.82) is 0 Å². The second-order valence-corrected chi connectivity index (χ2v) is 7.21. The van der Waals surface area contributed by atoms with Gasteiger partial charge in [0, 0.05) is 26.6 Å². The number of nitrogens with one attached hydrogen (secondary N) is 2. The summed E-state index contributed by atoms with van der Waals surface area (Å²) in [6.07, 6.45) is 2.82. The van der Waals surface area contributed by atoms with E-state index in [4.69, 9.17) is 18.9 Å².